The summed E-state index contributed by atoms with van der Waals surface area (Å²) in [5.74, 6) is -2.25. The summed E-state index contributed by atoms with van der Waals surface area (Å²) in [6.07, 6.45) is 3.97. The third-order valence-electron chi connectivity index (χ3n) is 9.80. The number of sulfone groups is 2. The second-order valence-corrected chi connectivity index (χ2v) is 19.0. The van der Waals surface area contributed by atoms with E-state index in [0.717, 1.165) is 69.9 Å². The van der Waals surface area contributed by atoms with E-state index in [1.165, 1.54) is 48.9 Å². The summed E-state index contributed by atoms with van der Waals surface area (Å²) in [6.45, 7) is 6.71. The third-order valence-corrected chi connectivity index (χ3v) is 12.9. The lowest BCUT2D eigenvalue weighted by molar-refractivity contribution is 0.588. The van der Waals surface area contributed by atoms with Crippen LogP contribution in [0, 0.1) is 37.1 Å². The molecule has 17 heteroatoms. The molecular weight excluding hydrogens is 866 g/mol. The molecule has 0 saturated heterocycles. The number of rotatable bonds is 5. The third kappa shape index (κ3) is 11.0. The van der Waals surface area contributed by atoms with E-state index in [4.69, 9.17) is 7.74 Å². The zero-order valence-corrected chi connectivity index (χ0v) is 35.4. The first-order chi connectivity index (χ1) is 27.9. The van der Waals surface area contributed by atoms with Gasteiger partial charge in [0.1, 0.15) is 23.3 Å². The summed E-state index contributed by atoms with van der Waals surface area (Å²) in [5, 5.41) is 3.23. The predicted molar refractivity (Wildman–Crippen MR) is 234 cm³/mol. The fourth-order valence-electron chi connectivity index (χ4n) is 6.84. The van der Waals surface area contributed by atoms with Crippen LogP contribution in [-0.4, -0.2) is 67.9 Å². The maximum atomic E-state index is 14.1. The zero-order chi connectivity index (χ0) is 43.2. The van der Waals surface area contributed by atoms with Gasteiger partial charge in [0.25, 0.3) is 0 Å². The van der Waals surface area contributed by atoms with E-state index >= 15 is 0 Å². The first kappa shape index (κ1) is 45.5. The number of nitrogens with one attached hydrogen (secondary N) is 3. The number of nitrogens with zero attached hydrogens (tertiary/aromatic N) is 1. The Balaban J connectivity index is 0.000000181. The van der Waals surface area contributed by atoms with Crippen LogP contribution in [0.4, 0.5) is 23.2 Å². The molecule has 59 heavy (non-hydrogen) atoms. The molecule has 0 saturated carbocycles. The lowest BCUT2D eigenvalue weighted by atomic mass is 9.81. The Morgan fingerprint density at radius 3 is 1.61 bits per heavy atom. The lowest BCUT2D eigenvalue weighted by Crippen LogP contribution is -2.30. The fraction of sp³-hybridized carbons (Fsp3) is 0.238. The molecule has 8 rings (SSSR count). The van der Waals surface area contributed by atoms with Gasteiger partial charge in [0.2, 0.25) is 0 Å². The van der Waals surface area contributed by atoms with Gasteiger partial charge in [-0.05, 0) is 109 Å². The Morgan fingerprint density at radius 1 is 0.661 bits per heavy atom. The molecule has 2 aliphatic heterocycles. The Kier molecular flexibility index (Phi) is 14.8. The molecule has 0 atom stereocenters. The monoisotopic (exact) mass is 909 g/mol. The van der Waals surface area contributed by atoms with Crippen LogP contribution in [0.3, 0.4) is 0 Å². The zero-order valence-electron chi connectivity index (χ0n) is 32.2. The Bertz CT molecular complexity index is 2630. The van der Waals surface area contributed by atoms with Crippen LogP contribution in [0.5, 0.6) is 0 Å². The molecule has 2 aromatic heterocycles. The van der Waals surface area contributed by atoms with Crippen molar-refractivity contribution in [1.82, 2.24) is 15.3 Å². The highest BCUT2D eigenvalue weighted by molar-refractivity contribution is 9.10. The highest BCUT2D eigenvalue weighted by Crippen LogP contribution is 2.33. The van der Waals surface area contributed by atoms with Crippen LogP contribution in [0.15, 0.2) is 99.2 Å². The van der Waals surface area contributed by atoms with Gasteiger partial charge in [0.05, 0.1) is 32.3 Å². The minimum absolute atomic E-state index is 0.0295. The Labute approximate surface area is 353 Å². The van der Waals surface area contributed by atoms with Gasteiger partial charge in [0, 0.05) is 73.1 Å². The molecule has 8 nitrogen and oxygen atoms in total. The van der Waals surface area contributed by atoms with Crippen LogP contribution in [0.1, 0.15) is 33.6 Å². The van der Waals surface area contributed by atoms with Crippen molar-refractivity contribution in [2.24, 2.45) is 0 Å². The summed E-state index contributed by atoms with van der Waals surface area (Å²) in [6, 6.07) is 21.5. The fourth-order valence-corrected chi connectivity index (χ4v) is 8.50. The number of halogens is 5. The second kappa shape index (κ2) is 19.2. The molecule has 0 aliphatic carbocycles. The maximum absolute atomic E-state index is 14.1. The van der Waals surface area contributed by atoms with Crippen molar-refractivity contribution in [3.63, 3.8) is 0 Å². The lowest BCUT2D eigenvalue weighted by Gasteiger charge is -2.30. The van der Waals surface area contributed by atoms with Gasteiger partial charge < -0.3 is 20.2 Å². The van der Waals surface area contributed by atoms with Crippen LogP contribution < -0.4 is 10.2 Å². The number of benzene rings is 4. The van der Waals surface area contributed by atoms with Crippen molar-refractivity contribution in [3.8, 4) is 22.5 Å². The largest absolute Gasteiger partial charge is 0.367 e. The molecule has 0 unspecified atom stereocenters. The van der Waals surface area contributed by atoms with Gasteiger partial charge in [-0.3, -0.25) is 0 Å². The number of hydrogen-bond donors (Lipinski definition) is 3. The van der Waals surface area contributed by atoms with Crippen molar-refractivity contribution in [2.45, 2.75) is 49.6 Å². The maximum Gasteiger partial charge on any atom is 0.175 e. The van der Waals surface area contributed by atoms with Gasteiger partial charge in [-0.15, -0.1) is 0 Å². The average molecular weight is 910 g/mol. The van der Waals surface area contributed by atoms with E-state index in [2.05, 4.69) is 36.1 Å². The van der Waals surface area contributed by atoms with Gasteiger partial charge in [-0.1, -0.05) is 35.8 Å². The van der Waals surface area contributed by atoms with Crippen LogP contribution in [0.2, 0.25) is 0 Å². The first-order valence-electron chi connectivity index (χ1n) is 17.9. The highest BCUT2D eigenvalue weighted by atomic mass is 79.9. The summed E-state index contributed by atoms with van der Waals surface area (Å²) in [4.78, 5) is 9.09. The minimum atomic E-state index is -3.25. The number of aromatic nitrogens is 2. The van der Waals surface area contributed by atoms with Crippen molar-refractivity contribution in [1.29, 1.82) is 0 Å². The smallest absolute Gasteiger partial charge is 0.175 e. The molecular formula is C42H44B2BrF4N4O4S2-. The van der Waals surface area contributed by atoms with Crippen LogP contribution in [-0.2, 0) is 45.6 Å². The van der Waals surface area contributed by atoms with Crippen molar-refractivity contribution < 1.29 is 34.4 Å². The van der Waals surface area contributed by atoms with Crippen molar-refractivity contribution >= 4 is 56.8 Å². The highest BCUT2D eigenvalue weighted by Gasteiger charge is 2.23. The normalized spacial score (nSPS) is 13.4. The van der Waals surface area contributed by atoms with Crippen molar-refractivity contribution in [2.75, 3.05) is 30.5 Å². The van der Waals surface area contributed by atoms with E-state index in [1.54, 1.807) is 36.4 Å². The molecule has 0 spiro atoms. The molecule has 0 fully saturated rings. The van der Waals surface area contributed by atoms with E-state index in [-0.39, 0.29) is 18.9 Å². The molecule has 0 bridgehead atoms. The number of hydrogen-bond acceptors (Lipinski definition) is 6. The number of H-pyrrole nitrogens is 2. The van der Waals surface area contributed by atoms with Gasteiger partial charge in [0.15, 0.2) is 19.7 Å². The minimum Gasteiger partial charge on any atom is -0.367 e. The molecule has 310 valence electrons. The quantitative estimate of drug-likeness (QED) is 0.123. The van der Waals surface area contributed by atoms with E-state index in [0.29, 0.717) is 34.1 Å². The molecule has 4 aromatic carbocycles. The Morgan fingerprint density at radius 2 is 1.14 bits per heavy atom. The van der Waals surface area contributed by atoms with Crippen LogP contribution in [0.25, 0.3) is 22.5 Å². The molecule has 3 N–H and O–H groups in total. The second-order valence-electron chi connectivity index (χ2n) is 14.1. The molecule has 4 heterocycles. The number of fused-ring (bicyclic) bond motifs is 2. The topological polar surface area (TPSA) is 115 Å². The predicted octanol–water partition coefficient (Wildman–Crippen LogP) is 7.44. The van der Waals surface area contributed by atoms with Gasteiger partial charge in [-0.2, -0.15) is 7.74 Å². The summed E-state index contributed by atoms with van der Waals surface area (Å²) < 4.78 is 102. The van der Waals surface area contributed by atoms with Crippen molar-refractivity contribution in [3.05, 3.63) is 146 Å². The van der Waals surface area contributed by atoms with Gasteiger partial charge in [-0.25, -0.2) is 34.4 Å². The number of anilines is 1. The molecule has 2 aliphatic rings. The summed E-state index contributed by atoms with van der Waals surface area (Å²) in [7, 11) is -1.31. The first-order valence-corrected chi connectivity index (χ1v) is 22.5. The van der Waals surface area contributed by atoms with E-state index in [9.17, 15) is 34.4 Å². The summed E-state index contributed by atoms with van der Waals surface area (Å²) >= 11 is 3.30. The SMILES string of the molecule is Cc1cc(S(C)(=O)=O)ccc1Br.Cc1cc(S(C)(=O)=O)ccc1N1CCc2[nH]c(-c3c(F)cccc3F)cc2C1.Fc1cccc(F)c1-c1cc2c([nH]1)CCNC2.[B][BH3-]. The standard InChI is InChI=1S/C21H20F2N2O2S.C13H12F2N2.C8H9BrO2S.B2H3/c1-13-10-15(28(2,26)27)6-7-20(13)25-9-8-18-14(12-25)11-19(24-18)21-16(22)4-3-5-17(21)23;14-9-2-1-3-10(15)13(9)12-6-8-7-16-5-4-11(8)17-12;1-6-5-7(12(2,10)11)3-4-8(6)9;1-2/h3-7,10-11,24H,8-9,12H2,1-2H3;1-3,6,16-17H,4-5,7H2;3-5H,1-2H3;1H3/q;;;-1. The summed E-state index contributed by atoms with van der Waals surface area (Å²) in [5.41, 5.74) is 7.82. The average Bonchev–Trinajstić information content (AvgIpc) is 3.80. The van der Waals surface area contributed by atoms with E-state index in [1.807, 2.05) is 26.0 Å². The van der Waals surface area contributed by atoms with E-state index < -0.39 is 42.9 Å². The number of aromatic amines is 2. The molecule has 6 aromatic rings. The molecule has 0 amide bonds. The van der Waals surface area contributed by atoms with Crippen LogP contribution >= 0.6 is 15.9 Å². The number of aryl methyl sites for hydroxylation is 2. The van der Waals surface area contributed by atoms with Gasteiger partial charge >= 0.3 is 0 Å². The Hall–Kier alpha value is -4.57. The molecule has 2 radical (unpaired) electrons.